The Kier molecular flexibility index (Phi) is 2.73. The topological polar surface area (TPSA) is 106 Å². The lowest BCUT2D eigenvalue weighted by molar-refractivity contribution is -0.150. The van der Waals surface area contributed by atoms with Crippen LogP contribution in [0.25, 0.3) is 0 Å². The zero-order valence-corrected chi connectivity index (χ0v) is 7.90. The first kappa shape index (κ1) is 10.5. The van der Waals surface area contributed by atoms with E-state index >= 15 is 0 Å². The molecule has 6 nitrogen and oxygen atoms in total. The molecule has 0 bridgehead atoms. The summed E-state index contributed by atoms with van der Waals surface area (Å²) in [6, 6.07) is 0. The molecule has 6 heteroatoms. The van der Waals surface area contributed by atoms with Crippen LogP contribution in [0.3, 0.4) is 0 Å². The quantitative estimate of drug-likeness (QED) is 0.505. The van der Waals surface area contributed by atoms with Gasteiger partial charge in [0.05, 0.1) is 5.92 Å². The Morgan fingerprint density at radius 2 is 1.93 bits per heavy atom. The van der Waals surface area contributed by atoms with Crippen LogP contribution in [0.2, 0.25) is 0 Å². The summed E-state index contributed by atoms with van der Waals surface area (Å²) in [5.74, 6) is -3.70. The lowest BCUT2D eigenvalue weighted by atomic mass is 9.84. The van der Waals surface area contributed by atoms with E-state index in [9.17, 15) is 14.4 Å². The van der Waals surface area contributed by atoms with Crippen LogP contribution in [0.15, 0.2) is 0 Å². The minimum atomic E-state index is -1.09. The Hall–Kier alpha value is -1.59. The molecule has 1 aliphatic heterocycles. The second-order valence-corrected chi connectivity index (χ2v) is 3.44. The van der Waals surface area contributed by atoms with E-state index in [1.54, 1.807) is 7.05 Å². The number of piperidine rings is 1. The Bertz CT molecular complexity index is 290. The standard InChI is InChI=1S/C8H13N3O3/c1-11-3-2-4(6(9)12)5(7(10)13)8(11)14/h4-5H,2-3H2,1H3,(H2,9,12)(H2,10,13). The number of hydrogen-bond donors (Lipinski definition) is 2. The summed E-state index contributed by atoms with van der Waals surface area (Å²) in [5, 5.41) is 0. The highest BCUT2D eigenvalue weighted by Gasteiger charge is 2.41. The first-order chi connectivity index (χ1) is 6.45. The molecule has 2 unspecified atom stereocenters. The van der Waals surface area contributed by atoms with Crippen LogP contribution in [0, 0.1) is 11.8 Å². The molecule has 78 valence electrons. The summed E-state index contributed by atoms with van der Waals surface area (Å²) in [5.41, 5.74) is 10.1. The Labute approximate surface area is 81.2 Å². The maximum Gasteiger partial charge on any atom is 0.235 e. The van der Waals surface area contributed by atoms with E-state index in [0.717, 1.165) is 0 Å². The maximum atomic E-state index is 11.5. The van der Waals surface area contributed by atoms with Gasteiger partial charge in [0, 0.05) is 13.6 Å². The third-order valence-electron chi connectivity index (χ3n) is 2.49. The van der Waals surface area contributed by atoms with Gasteiger partial charge in [0.25, 0.3) is 0 Å². The second-order valence-electron chi connectivity index (χ2n) is 3.44. The van der Waals surface area contributed by atoms with Gasteiger partial charge in [-0.05, 0) is 6.42 Å². The highest BCUT2D eigenvalue weighted by atomic mass is 16.2. The number of amides is 3. The number of likely N-dealkylation sites (tertiary alicyclic amines) is 1. The normalized spacial score (nSPS) is 27.5. The Morgan fingerprint density at radius 3 is 2.36 bits per heavy atom. The van der Waals surface area contributed by atoms with Gasteiger partial charge in [-0.25, -0.2) is 0 Å². The van der Waals surface area contributed by atoms with Crippen molar-refractivity contribution in [2.75, 3.05) is 13.6 Å². The number of hydrogen-bond acceptors (Lipinski definition) is 3. The molecule has 14 heavy (non-hydrogen) atoms. The minimum Gasteiger partial charge on any atom is -0.369 e. The number of nitrogens with zero attached hydrogens (tertiary/aromatic N) is 1. The number of carbonyl (C=O) groups excluding carboxylic acids is 3. The summed E-state index contributed by atoms with van der Waals surface area (Å²) >= 11 is 0. The van der Waals surface area contributed by atoms with Gasteiger partial charge < -0.3 is 16.4 Å². The SMILES string of the molecule is CN1CCC(C(N)=O)C(C(N)=O)C1=O. The molecule has 1 rings (SSSR count). The van der Waals surface area contributed by atoms with E-state index in [4.69, 9.17) is 11.5 Å². The van der Waals surface area contributed by atoms with Crippen LogP contribution in [-0.4, -0.2) is 36.2 Å². The van der Waals surface area contributed by atoms with Crippen molar-refractivity contribution in [1.29, 1.82) is 0 Å². The lowest BCUT2D eigenvalue weighted by Gasteiger charge is -2.32. The van der Waals surface area contributed by atoms with Crippen molar-refractivity contribution in [2.45, 2.75) is 6.42 Å². The number of primary amides is 2. The molecule has 1 aliphatic rings. The fourth-order valence-corrected chi connectivity index (χ4v) is 1.65. The highest BCUT2D eigenvalue weighted by Crippen LogP contribution is 2.23. The van der Waals surface area contributed by atoms with E-state index in [0.29, 0.717) is 13.0 Å². The summed E-state index contributed by atoms with van der Waals surface area (Å²) in [4.78, 5) is 34.8. The fourth-order valence-electron chi connectivity index (χ4n) is 1.65. The van der Waals surface area contributed by atoms with E-state index in [-0.39, 0.29) is 0 Å². The van der Waals surface area contributed by atoms with Gasteiger partial charge in [0.15, 0.2) is 0 Å². The largest absolute Gasteiger partial charge is 0.369 e. The van der Waals surface area contributed by atoms with Gasteiger partial charge >= 0.3 is 0 Å². The van der Waals surface area contributed by atoms with E-state index in [1.165, 1.54) is 4.90 Å². The molecular formula is C8H13N3O3. The van der Waals surface area contributed by atoms with Crippen molar-refractivity contribution in [3.05, 3.63) is 0 Å². The maximum absolute atomic E-state index is 11.5. The van der Waals surface area contributed by atoms with Gasteiger partial charge in [-0.15, -0.1) is 0 Å². The second kappa shape index (κ2) is 3.65. The summed E-state index contributed by atoms with van der Waals surface area (Å²) < 4.78 is 0. The van der Waals surface area contributed by atoms with Gasteiger partial charge in [-0.3, -0.25) is 14.4 Å². The molecule has 1 saturated heterocycles. The Balaban J connectivity index is 2.93. The molecule has 3 amide bonds. The first-order valence-electron chi connectivity index (χ1n) is 4.28. The summed E-state index contributed by atoms with van der Waals surface area (Å²) in [6.07, 6.45) is 0.394. The van der Waals surface area contributed by atoms with Crippen LogP contribution >= 0.6 is 0 Å². The molecule has 0 aromatic rings. The van der Waals surface area contributed by atoms with E-state index in [2.05, 4.69) is 0 Å². The van der Waals surface area contributed by atoms with Crippen LogP contribution in [0.5, 0.6) is 0 Å². The van der Waals surface area contributed by atoms with Crippen molar-refractivity contribution in [2.24, 2.45) is 23.3 Å². The molecule has 0 radical (unpaired) electrons. The lowest BCUT2D eigenvalue weighted by Crippen LogP contribution is -2.52. The predicted octanol–water partition coefficient (Wildman–Crippen LogP) is -1.95. The van der Waals surface area contributed by atoms with Crippen LogP contribution in [-0.2, 0) is 14.4 Å². The molecule has 2 atom stereocenters. The zero-order chi connectivity index (χ0) is 10.9. The third-order valence-corrected chi connectivity index (χ3v) is 2.49. The number of nitrogens with two attached hydrogens (primary N) is 2. The van der Waals surface area contributed by atoms with Crippen molar-refractivity contribution < 1.29 is 14.4 Å². The molecular weight excluding hydrogens is 186 g/mol. The molecule has 0 aromatic carbocycles. The monoisotopic (exact) mass is 199 g/mol. The van der Waals surface area contributed by atoms with Gasteiger partial charge in [0.1, 0.15) is 5.92 Å². The van der Waals surface area contributed by atoms with E-state index in [1.807, 2.05) is 0 Å². The summed E-state index contributed by atoms with van der Waals surface area (Å²) in [6.45, 7) is 0.427. The van der Waals surface area contributed by atoms with Crippen molar-refractivity contribution in [3.63, 3.8) is 0 Å². The van der Waals surface area contributed by atoms with Crippen LogP contribution in [0.1, 0.15) is 6.42 Å². The van der Waals surface area contributed by atoms with Gasteiger partial charge in [-0.1, -0.05) is 0 Å². The number of rotatable bonds is 2. The minimum absolute atomic E-state index is 0.394. The van der Waals surface area contributed by atoms with Gasteiger partial charge in [0.2, 0.25) is 17.7 Å². The molecule has 4 N–H and O–H groups in total. The first-order valence-corrected chi connectivity index (χ1v) is 4.28. The molecule has 0 aliphatic carbocycles. The molecule has 0 spiro atoms. The van der Waals surface area contributed by atoms with Crippen LogP contribution in [0.4, 0.5) is 0 Å². The molecule has 0 saturated carbocycles. The molecule has 1 fully saturated rings. The number of carbonyl (C=O) groups is 3. The zero-order valence-electron chi connectivity index (χ0n) is 7.90. The Morgan fingerprint density at radius 1 is 1.36 bits per heavy atom. The average molecular weight is 199 g/mol. The highest BCUT2D eigenvalue weighted by molar-refractivity contribution is 6.04. The third kappa shape index (κ3) is 1.68. The molecule has 1 heterocycles. The van der Waals surface area contributed by atoms with Crippen molar-refractivity contribution in [1.82, 2.24) is 4.90 Å². The summed E-state index contributed by atoms with van der Waals surface area (Å²) in [7, 11) is 1.56. The fraction of sp³-hybridized carbons (Fsp3) is 0.625. The molecule has 0 aromatic heterocycles. The predicted molar refractivity (Wildman–Crippen MR) is 47.6 cm³/mol. The van der Waals surface area contributed by atoms with E-state index < -0.39 is 29.6 Å². The van der Waals surface area contributed by atoms with Crippen molar-refractivity contribution in [3.8, 4) is 0 Å². The van der Waals surface area contributed by atoms with Crippen LogP contribution < -0.4 is 11.5 Å². The average Bonchev–Trinajstić information content (AvgIpc) is 2.08. The smallest absolute Gasteiger partial charge is 0.235 e. The van der Waals surface area contributed by atoms with Gasteiger partial charge in [-0.2, -0.15) is 0 Å². The van der Waals surface area contributed by atoms with Crippen molar-refractivity contribution >= 4 is 17.7 Å².